The molecule has 2 amide bonds. The van der Waals surface area contributed by atoms with Gasteiger partial charge in [-0.2, -0.15) is 0 Å². The minimum Gasteiger partial charge on any atom is -0.483 e. The fraction of sp³-hybridized carbons (Fsp3) is 0.444. The van der Waals surface area contributed by atoms with Gasteiger partial charge in [-0.3, -0.25) is 4.79 Å². The third-order valence-electron chi connectivity index (χ3n) is 8.56. The van der Waals surface area contributed by atoms with Crippen molar-refractivity contribution in [2.45, 2.75) is 95.4 Å². The van der Waals surface area contributed by atoms with Gasteiger partial charge in [0.2, 0.25) is 5.91 Å². The van der Waals surface area contributed by atoms with E-state index in [9.17, 15) is 23.9 Å². The maximum atomic E-state index is 14.4. The molecule has 10 heteroatoms. The summed E-state index contributed by atoms with van der Waals surface area (Å²) in [4.78, 5) is 45.7. The molecule has 0 saturated carbocycles. The van der Waals surface area contributed by atoms with Gasteiger partial charge in [0.25, 0.3) is 0 Å². The van der Waals surface area contributed by atoms with E-state index in [0.717, 1.165) is 35.7 Å². The molecule has 2 aliphatic heterocycles. The van der Waals surface area contributed by atoms with Crippen molar-refractivity contribution in [1.29, 1.82) is 0 Å². The van der Waals surface area contributed by atoms with E-state index in [2.05, 4.69) is 11.9 Å². The van der Waals surface area contributed by atoms with Crippen molar-refractivity contribution in [1.82, 2.24) is 15.2 Å². The highest BCUT2D eigenvalue weighted by atomic mass is 19.1. The summed E-state index contributed by atoms with van der Waals surface area (Å²) in [7, 11) is 0. The number of alkyl carbamates (subject to hydrolysis) is 1. The van der Waals surface area contributed by atoms with Crippen molar-refractivity contribution in [3.8, 4) is 17.0 Å². The number of para-hydroxylation sites is 1. The minimum absolute atomic E-state index is 0.0145. The van der Waals surface area contributed by atoms with Crippen LogP contribution in [0.5, 0.6) is 5.75 Å². The SMILES string of the molecule is C=CCCCCCC(NC(=O)OC(C)(C)C)C(=O)N1CC2(CCc3c(c(-c4cccc(F)c4)nc4ccccc34)O2)CC1C(=O)O. The molecule has 46 heavy (non-hydrogen) atoms. The fourth-order valence-electron chi connectivity index (χ4n) is 6.45. The van der Waals surface area contributed by atoms with E-state index < -0.39 is 47.1 Å². The second-order valence-electron chi connectivity index (χ2n) is 13.2. The van der Waals surface area contributed by atoms with E-state index in [1.54, 1.807) is 32.9 Å². The molecular weight excluding hydrogens is 589 g/mol. The zero-order chi connectivity index (χ0) is 33.1. The number of carbonyl (C=O) groups is 3. The Bertz CT molecular complexity index is 1640. The molecule has 1 fully saturated rings. The number of nitrogens with zero attached hydrogens (tertiary/aromatic N) is 2. The molecule has 2 N–H and O–H groups in total. The zero-order valence-corrected chi connectivity index (χ0v) is 26.7. The smallest absolute Gasteiger partial charge is 0.408 e. The molecule has 2 aliphatic rings. The highest BCUT2D eigenvalue weighted by Crippen LogP contribution is 2.47. The Hall–Kier alpha value is -4.47. The number of likely N-dealkylation sites (tertiary alicyclic amines) is 1. The van der Waals surface area contributed by atoms with Crippen LogP contribution < -0.4 is 10.1 Å². The van der Waals surface area contributed by atoms with Crippen LogP contribution in [0.15, 0.2) is 61.2 Å². The van der Waals surface area contributed by atoms with Gasteiger partial charge in [-0.25, -0.2) is 19.0 Å². The number of aryl methyl sites for hydroxylation is 1. The molecule has 3 unspecified atom stereocenters. The topological polar surface area (TPSA) is 118 Å². The van der Waals surface area contributed by atoms with Crippen LogP contribution >= 0.6 is 0 Å². The number of hydrogen-bond acceptors (Lipinski definition) is 6. The van der Waals surface area contributed by atoms with Crippen LogP contribution in [0.25, 0.3) is 22.2 Å². The van der Waals surface area contributed by atoms with Crippen LogP contribution in [-0.2, 0) is 20.7 Å². The predicted molar refractivity (Wildman–Crippen MR) is 173 cm³/mol. The van der Waals surface area contributed by atoms with E-state index in [-0.39, 0.29) is 13.0 Å². The lowest BCUT2D eigenvalue weighted by molar-refractivity contribution is -0.149. The number of carbonyl (C=O) groups excluding carboxylic acids is 2. The van der Waals surface area contributed by atoms with Gasteiger partial charge in [-0.05, 0) is 71.1 Å². The normalized spacial score (nSPS) is 19.7. The number of aromatic nitrogens is 1. The number of fused-ring (bicyclic) bond motifs is 3. The molecule has 0 radical (unpaired) electrons. The lowest BCUT2D eigenvalue weighted by Crippen LogP contribution is -2.53. The lowest BCUT2D eigenvalue weighted by Gasteiger charge is -2.37. The summed E-state index contributed by atoms with van der Waals surface area (Å²) in [6.45, 7) is 8.96. The Balaban J connectivity index is 1.46. The summed E-state index contributed by atoms with van der Waals surface area (Å²) in [6, 6.07) is 11.7. The third kappa shape index (κ3) is 7.32. The number of pyridine rings is 1. The maximum Gasteiger partial charge on any atom is 0.408 e. The second kappa shape index (κ2) is 13.5. The van der Waals surface area contributed by atoms with Crippen molar-refractivity contribution in [3.63, 3.8) is 0 Å². The van der Waals surface area contributed by atoms with Crippen molar-refractivity contribution in [2.75, 3.05) is 6.54 Å². The van der Waals surface area contributed by atoms with Gasteiger partial charge in [0.15, 0.2) is 0 Å². The number of ether oxygens (including phenoxy) is 2. The number of nitrogens with one attached hydrogen (secondary N) is 1. The number of hydrogen-bond donors (Lipinski definition) is 2. The molecule has 2 aromatic carbocycles. The number of carboxylic acid groups (broad SMARTS) is 1. The summed E-state index contributed by atoms with van der Waals surface area (Å²) in [6.07, 6.45) is 5.71. The van der Waals surface area contributed by atoms with Crippen LogP contribution in [0.4, 0.5) is 9.18 Å². The Kier molecular flexibility index (Phi) is 9.65. The summed E-state index contributed by atoms with van der Waals surface area (Å²) in [5.41, 5.74) is 0.875. The fourth-order valence-corrected chi connectivity index (χ4v) is 6.45. The number of allylic oxidation sites excluding steroid dienone is 1. The molecular formula is C36H42FN3O6. The summed E-state index contributed by atoms with van der Waals surface area (Å²) >= 11 is 0. The molecule has 0 aliphatic carbocycles. The van der Waals surface area contributed by atoms with Crippen LogP contribution in [0.1, 0.15) is 71.3 Å². The number of carboxylic acids is 1. The van der Waals surface area contributed by atoms with Crippen molar-refractivity contribution < 1.29 is 33.4 Å². The molecule has 3 atom stereocenters. The number of rotatable bonds is 10. The number of amides is 2. The van der Waals surface area contributed by atoms with E-state index in [1.807, 2.05) is 30.3 Å². The van der Waals surface area contributed by atoms with Gasteiger partial charge in [0.05, 0.1) is 12.1 Å². The summed E-state index contributed by atoms with van der Waals surface area (Å²) < 4.78 is 26.6. The Labute approximate surface area is 268 Å². The number of aliphatic carboxylic acids is 1. The van der Waals surface area contributed by atoms with Crippen molar-refractivity contribution in [3.05, 3.63) is 72.6 Å². The van der Waals surface area contributed by atoms with Crippen molar-refractivity contribution >= 4 is 28.9 Å². The molecule has 1 spiro atoms. The van der Waals surface area contributed by atoms with Gasteiger partial charge in [0.1, 0.15) is 40.5 Å². The lowest BCUT2D eigenvalue weighted by atomic mass is 9.86. The summed E-state index contributed by atoms with van der Waals surface area (Å²) in [5, 5.41) is 13.9. The zero-order valence-electron chi connectivity index (χ0n) is 26.7. The Morgan fingerprint density at radius 3 is 2.70 bits per heavy atom. The Morgan fingerprint density at radius 1 is 1.20 bits per heavy atom. The predicted octanol–water partition coefficient (Wildman–Crippen LogP) is 6.82. The first-order chi connectivity index (χ1) is 21.9. The largest absolute Gasteiger partial charge is 0.483 e. The molecule has 9 nitrogen and oxygen atoms in total. The first-order valence-corrected chi connectivity index (χ1v) is 15.9. The molecule has 1 aromatic heterocycles. The maximum absolute atomic E-state index is 14.4. The van der Waals surface area contributed by atoms with E-state index >= 15 is 0 Å². The second-order valence-corrected chi connectivity index (χ2v) is 13.2. The van der Waals surface area contributed by atoms with Gasteiger partial charge >= 0.3 is 12.1 Å². The molecule has 3 aromatic rings. The van der Waals surface area contributed by atoms with Crippen LogP contribution in [-0.4, -0.2) is 62.8 Å². The standard InChI is InChI=1S/C36H42FN3O6/c1-5-6-7-8-9-17-28(39-34(44)46-35(2,3)4)32(41)40-22-36(21-29(40)33(42)43)19-18-26-25-15-10-11-16-27(25)38-30(31(26)45-36)23-13-12-14-24(37)20-23/h5,10-16,20,28-29H,1,6-9,17-19,21-22H2,2-4H3,(H,39,44)(H,42,43). The van der Waals surface area contributed by atoms with Crippen molar-refractivity contribution in [2.24, 2.45) is 0 Å². The average Bonchev–Trinajstić information content (AvgIpc) is 3.37. The monoisotopic (exact) mass is 631 g/mol. The number of halogens is 1. The van der Waals surface area contributed by atoms with E-state index in [0.29, 0.717) is 42.7 Å². The molecule has 3 heterocycles. The van der Waals surface area contributed by atoms with Crippen LogP contribution in [0.2, 0.25) is 0 Å². The first kappa shape index (κ1) is 32.9. The first-order valence-electron chi connectivity index (χ1n) is 15.9. The van der Waals surface area contributed by atoms with Gasteiger partial charge in [-0.1, -0.05) is 49.2 Å². The highest BCUT2D eigenvalue weighted by Gasteiger charge is 2.53. The van der Waals surface area contributed by atoms with Gasteiger partial charge in [-0.15, -0.1) is 6.58 Å². The summed E-state index contributed by atoms with van der Waals surface area (Å²) in [5.74, 6) is -1.58. The highest BCUT2D eigenvalue weighted by molar-refractivity contribution is 5.91. The van der Waals surface area contributed by atoms with Crippen LogP contribution in [0.3, 0.4) is 0 Å². The van der Waals surface area contributed by atoms with Gasteiger partial charge < -0.3 is 24.8 Å². The average molecular weight is 632 g/mol. The van der Waals surface area contributed by atoms with Gasteiger partial charge in [0, 0.05) is 22.9 Å². The minimum atomic E-state index is -1.16. The van der Waals surface area contributed by atoms with Crippen LogP contribution in [0, 0.1) is 5.82 Å². The van der Waals surface area contributed by atoms with E-state index in [4.69, 9.17) is 14.5 Å². The quantitative estimate of drug-likeness (QED) is 0.186. The third-order valence-corrected chi connectivity index (χ3v) is 8.56. The van der Waals surface area contributed by atoms with E-state index in [1.165, 1.54) is 17.0 Å². The number of unbranched alkanes of at least 4 members (excludes halogenated alkanes) is 3. The molecule has 0 bridgehead atoms. The molecule has 5 rings (SSSR count). The number of benzene rings is 2. The molecule has 244 valence electrons. The Morgan fingerprint density at radius 2 is 1.98 bits per heavy atom. The molecule has 1 saturated heterocycles.